The molecule has 0 saturated carbocycles. The van der Waals surface area contributed by atoms with Crippen molar-refractivity contribution in [2.75, 3.05) is 20.0 Å². The molecule has 0 bridgehead atoms. The van der Waals surface area contributed by atoms with E-state index in [9.17, 15) is 0 Å². The van der Waals surface area contributed by atoms with Gasteiger partial charge in [0.1, 0.15) is 17.2 Å². The summed E-state index contributed by atoms with van der Waals surface area (Å²) in [6.07, 6.45) is 0.811. The van der Waals surface area contributed by atoms with Crippen molar-refractivity contribution in [2.45, 2.75) is 13.3 Å². The zero-order valence-electron chi connectivity index (χ0n) is 10.8. The van der Waals surface area contributed by atoms with Crippen LogP contribution in [0.4, 0.5) is 5.69 Å². The SMILES string of the molecule is CCc1[nH]nc(-c2cc(OC)ccc2OC)c1N. The molecule has 5 heteroatoms. The van der Waals surface area contributed by atoms with E-state index >= 15 is 0 Å². The molecule has 1 aromatic carbocycles. The van der Waals surface area contributed by atoms with Crippen LogP contribution in [0, 0.1) is 0 Å². The Morgan fingerprint density at radius 2 is 2.06 bits per heavy atom. The Hall–Kier alpha value is -2.17. The molecule has 96 valence electrons. The molecule has 18 heavy (non-hydrogen) atoms. The summed E-state index contributed by atoms with van der Waals surface area (Å²) in [6.45, 7) is 2.02. The van der Waals surface area contributed by atoms with E-state index in [1.54, 1.807) is 14.2 Å². The predicted molar refractivity (Wildman–Crippen MR) is 70.9 cm³/mol. The number of methoxy groups -OCH3 is 2. The Balaban J connectivity index is 2.57. The smallest absolute Gasteiger partial charge is 0.128 e. The Labute approximate surface area is 106 Å². The van der Waals surface area contributed by atoms with Crippen LogP contribution in [0.5, 0.6) is 11.5 Å². The van der Waals surface area contributed by atoms with E-state index in [-0.39, 0.29) is 0 Å². The number of nitrogen functional groups attached to an aromatic ring is 1. The first-order valence-electron chi connectivity index (χ1n) is 5.76. The average molecular weight is 247 g/mol. The summed E-state index contributed by atoms with van der Waals surface area (Å²) >= 11 is 0. The quantitative estimate of drug-likeness (QED) is 0.869. The first-order valence-corrected chi connectivity index (χ1v) is 5.76. The van der Waals surface area contributed by atoms with Crippen LogP contribution in [0.2, 0.25) is 0 Å². The first kappa shape index (κ1) is 12.3. The molecule has 3 N–H and O–H groups in total. The second-order valence-electron chi connectivity index (χ2n) is 3.88. The molecular weight excluding hydrogens is 230 g/mol. The monoisotopic (exact) mass is 247 g/mol. The van der Waals surface area contributed by atoms with E-state index in [0.29, 0.717) is 11.4 Å². The number of rotatable bonds is 4. The number of aryl methyl sites for hydroxylation is 1. The molecule has 0 aliphatic carbocycles. The molecule has 2 rings (SSSR count). The first-order chi connectivity index (χ1) is 8.71. The molecule has 0 aliphatic heterocycles. The number of H-pyrrole nitrogens is 1. The van der Waals surface area contributed by atoms with Crippen LogP contribution in [0.25, 0.3) is 11.3 Å². The Bertz CT molecular complexity index is 549. The van der Waals surface area contributed by atoms with Crippen LogP contribution < -0.4 is 15.2 Å². The third-order valence-corrected chi connectivity index (χ3v) is 2.90. The lowest BCUT2D eigenvalue weighted by Gasteiger charge is -2.09. The molecule has 1 aromatic heterocycles. The molecule has 0 atom stereocenters. The molecule has 0 radical (unpaired) electrons. The van der Waals surface area contributed by atoms with Gasteiger partial charge in [-0.2, -0.15) is 5.10 Å². The molecule has 0 spiro atoms. The van der Waals surface area contributed by atoms with Crippen molar-refractivity contribution < 1.29 is 9.47 Å². The van der Waals surface area contributed by atoms with Crippen LogP contribution in [0.1, 0.15) is 12.6 Å². The Kier molecular flexibility index (Phi) is 3.41. The minimum Gasteiger partial charge on any atom is -0.497 e. The second kappa shape index (κ2) is 5.00. The molecule has 0 aliphatic rings. The van der Waals surface area contributed by atoms with Gasteiger partial charge in [-0.25, -0.2) is 0 Å². The third-order valence-electron chi connectivity index (χ3n) is 2.90. The summed E-state index contributed by atoms with van der Waals surface area (Å²) in [6, 6.07) is 5.55. The van der Waals surface area contributed by atoms with Gasteiger partial charge in [0.05, 0.1) is 25.6 Å². The number of nitrogens with two attached hydrogens (primary N) is 1. The van der Waals surface area contributed by atoms with Gasteiger partial charge < -0.3 is 15.2 Å². The summed E-state index contributed by atoms with van der Waals surface area (Å²) in [5.74, 6) is 1.46. The van der Waals surface area contributed by atoms with Crippen molar-refractivity contribution in [1.29, 1.82) is 0 Å². The number of hydrogen-bond acceptors (Lipinski definition) is 4. The van der Waals surface area contributed by atoms with Crippen molar-refractivity contribution in [3.63, 3.8) is 0 Å². The lowest BCUT2D eigenvalue weighted by molar-refractivity contribution is 0.404. The van der Waals surface area contributed by atoms with Gasteiger partial charge in [-0.05, 0) is 24.6 Å². The Morgan fingerprint density at radius 1 is 1.28 bits per heavy atom. The van der Waals surface area contributed by atoms with Crippen molar-refractivity contribution in [3.05, 3.63) is 23.9 Å². The highest BCUT2D eigenvalue weighted by Gasteiger charge is 2.15. The highest BCUT2D eigenvalue weighted by molar-refractivity contribution is 5.79. The highest BCUT2D eigenvalue weighted by Crippen LogP contribution is 2.36. The van der Waals surface area contributed by atoms with Gasteiger partial charge in [-0.3, -0.25) is 5.10 Å². The highest BCUT2D eigenvalue weighted by atomic mass is 16.5. The minimum atomic E-state index is 0.657. The molecule has 0 unspecified atom stereocenters. The summed E-state index contributed by atoms with van der Waals surface area (Å²) < 4.78 is 10.5. The summed E-state index contributed by atoms with van der Waals surface area (Å²) in [4.78, 5) is 0. The molecule has 0 saturated heterocycles. The number of anilines is 1. The Morgan fingerprint density at radius 3 is 2.61 bits per heavy atom. The van der Waals surface area contributed by atoms with Gasteiger partial charge in [-0.1, -0.05) is 6.92 Å². The number of ether oxygens (including phenoxy) is 2. The standard InChI is InChI=1S/C13H17N3O2/c1-4-10-12(14)13(16-15-10)9-7-8(17-2)5-6-11(9)18-3/h5-7H,4,14H2,1-3H3,(H,15,16). The molecule has 5 nitrogen and oxygen atoms in total. The fraction of sp³-hybridized carbons (Fsp3) is 0.308. The zero-order valence-corrected chi connectivity index (χ0v) is 10.8. The van der Waals surface area contributed by atoms with Gasteiger partial charge in [0.2, 0.25) is 0 Å². The maximum absolute atomic E-state index is 6.07. The number of benzene rings is 1. The van der Waals surface area contributed by atoms with E-state index in [1.807, 2.05) is 25.1 Å². The largest absolute Gasteiger partial charge is 0.497 e. The van der Waals surface area contributed by atoms with Gasteiger partial charge in [-0.15, -0.1) is 0 Å². The molecule has 2 aromatic rings. The van der Waals surface area contributed by atoms with E-state index in [4.69, 9.17) is 15.2 Å². The normalized spacial score (nSPS) is 10.4. The van der Waals surface area contributed by atoms with E-state index in [2.05, 4.69) is 10.2 Å². The molecular formula is C13H17N3O2. The summed E-state index contributed by atoms with van der Waals surface area (Å²) in [5, 5.41) is 7.19. The summed E-state index contributed by atoms with van der Waals surface area (Å²) in [5.41, 5.74) is 9.17. The van der Waals surface area contributed by atoms with Crippen molar-refractivity contribution >= 4 is 5.69 Å². The molecule has 0 amide bonds. The second-order valence-corrected chi connectivity index (χ2v) is 3.88. The van der Waals surface area contributed by atoms with Crippen LogP contribution >= 0.6 is 0 Å². The number of nitrogens with zero attached hydrogens (tertiary/aromatic N) is 1. The molecule has 1 heterocycles. The van der Waals surface area contributed by atoms with E-state index in [0.717, 1.165) is 29.2 Å². The lowest BCUT2D eigenvalue weighted by atomic mass is 10.1. The van der Waals surface area contributed by atoms with Crippen LogP contribution in [0.15, 0.2) is 18.2 Å². The van der Waals surface area contributed by atoms with Crippen LogP contribution in [-0.2, 0) is 6.42 Å². The van der Waals surface area contributed by atoms with Gasteiger partial charge in [0.25, 0.3) is 0 Å². The predicted octanol–water partition coefficient (Wildman–Crippen LogP) is 2.24. The topological polar surface area (TPSA) is 73.2 Å². The number of aromatic nitrogens is 2. The molecule has 0 fully saturated rings. The average Bonchev–Trinajstić information content (AvgIpc) is 2.78. The zero-order chi connectivity index (χ0) is 13.1. The van der Waals surface area contributed by atoms with Crippen LogP contribution in [0.3, 0.4) is 0 Å². The lowest BCUT2D eigenvalue weighted by Crippen LogP contribution is -1.94. The van der Waals surface area contributed by atoms with E-state index in [1.165, 1.54) is 0 Å². The fourth-order valence-electron chi connectivity index (χ4n) is 1.86. The van der Waals surface area contributed by atoms with Gasteiger partial charge in [0, 0.05) is 5.56 Å². The number of aromatic amines is 1. The minimum absolute atomic E-state index is 0.657. The van der Waals surface area contributed by atoms with Crippen molar-refractivity contribution in [1.82, 2.24) is 10.2 Å². The van der Waals surface area contributed by atoms with Gasteiger partial charge in [0.15, 0.2) is 0 Å². The van der Waals surface area contributed by atoms with Crippen molar-refractivity contribution in [2.24, 2.45) is 0 Å². The maximum atomic E-state index is 6.07. The number of hydrogen-bond donors (Lipinski definition) is 2. The maximum Gasteiger partial charge on any atom is 0.128 e. The van der Waals surface area contributed by atoms with Crippen molar-refractivity contribution in [3.8, 4) is 22.8 Å². The fourth-order valence-corrected chi connectivity index (χ4v) is 1.86. The summed E-state index contributed by atoms with van der Waals surface area (Å²) in [7, 11) is 3.24. The van der Waals surface area contributed by atoms with Crippen LogP contribution in [-0.4, -0.2) is 24.4 Å². The number of nitrogens with one attached hydrogen (secondary N) is 1. The van der Waals surface area contributed by atoms with Gasteiger partial charge >= 0.3 is 0 Å². The van der Waals surface area contributed by atoms with E-state index < -0.39 is 0 Å². The third kappa shape index (κ3) is 1.99.